The van der Waals surface area contributed by atoms with Gasteiger partial charge in [0.05, 0.1) is 5.75 Å². The fourth-order valence-corrected chi connectivity index (χ4v) is 2.44. The lowest BCUT2D eigenvalue weighted by Gasteiger charge is -2.04. The number of aryl methyl sites for hydroxylation is 2. The molecule has 0 fully saturated rings. The van der Waals surface area contributed by atoms with Crippen molar-refractivity contribution in [3.05, 3.63) is 34.9 Å². The second-order valence-corrected chi connectivity index (χ2v) is 6.79. The van der Waals surface area contributed by atoms with Crippen LogP contribution in [0.3, 0.4) is 0 Å². The van der Waals surface area contributed by atoms with Gasteiger partial charge in [0.15, 0.2) is 5.78 Å². The minimum absolute atomic E-state index is 0.0143. The SMILES string of the molecule is Cc1cc(C)cc(C(=O)CCCS(C)(=O)=O)c1. The molecule has 0 aliphatic rings. The zero-order valence-electron chi connectivity index (χ0n) is 10.5. The Hall–Kier alpha value is -1.16. The fourth-order valence-electron chi connectivity index (χ4n) is 1.77. The maximum atomic E-state index is 11.8. The third kappa shape index (κ3) is 5.13. The highest BCUT2D eigenvalue weighted by Gasteiger charge is 2.09. The molecule has 4 heteroatoms. The average molecular weight is 254 g/mol. The van der Waals surface area contributed by atoms with Crippen LogP contribution in [-0.4, -0.2) is 26.2 Å². The summed E-state index contributed by atoms with van der Waals surface area (Å²) in [4.78, 5) is 11.8. The number of rotatable bonds is 5. The summed E-state index contributed by atoms with van der Waals surface area (Å²) in [6, 6.07) is 5.69. The number of ketones is 1. The minimum Gasteiger partial charge on any atom is -0.294 e. The van der Waals surface area contributed by atoms with E-state index in [1.54, 1.807) is 0 Å². The van der Waals surface area contributed by atoms with E-state index >= 15 is 0 Å². The Bertz CT molecular complexity index is 495. The summed E-state index contributed by atoms with van der Waals surface area (Å²) < 4.78 is 21.9. The monoisotopic (exact) mass is 254 g/mol. The summed E-state index contributed by atoms with van der Waals surface area (Å²) in [5.41, 5.74) is 2.78. The molecule has 0 spiro atoms. The smallest absolute Gasteiger partial charge is 0.162 e. The highest BCUT2D eigenvalue weighted by Crippen LogP contribution is 2.12. The van der Waals surface area contributed by atoms with Crippen molar-refractivity contribution < 1.29 is 13.2 Å². The molecule has 0 saturated heterocycles. The molecule has 0 atom stereocenters. The predicted molar refractivity (Wildman–Crippen MR) is 69.2 cm³/mol. The summed E-state index contributed by atoms with van der Waals surface area (Å²) in [5, 5.41) is 0. The number of sulfone groups is 1. The third-order valence-corrected chi connectivity index (χ3v) is 3.49. The van der Waals surface area contributed by atoms with E-state index in [0.29, 0.717) is 12.0 Å². The van der Waals surface area contributed by atoms with E-state index in [0.717, 1.165) is 11.1 Å². The Morgan fingerprint density at radius 1 is 1.12 bits per heavy atom. The number of benzene rings is 1. The van der Waals surface area contributed by atoms with E-state index in [4.69, 9.17) is 0 Å². The highest BCUT2D eigenvalue weighted by atomic mass is 32.2. The van der Waals surface area contributed by atoms with E-state index in [9.17, 15) is 13.2 Å². The van der Waals surface area contributed by atoms with Crippen LogP contribution in [0.15, 0.2) is 18.2 Å². The van der Waals surface area contributed by atoms with Gasteiger partial charge in [-0.1, -0.05) is 17.2 Å². The lowest BCUT2D eigenvalue weighted by Crippen LogP contribution is -2.07. The third-order valence-electron chi connectivity index (χ3n) is 2.46. The quantitative estimate of drug-likeness (QED) is 0.758. The zero-order chi connectivity index (χ0) is 13.1. The molecule has 0 amide bonds. The Morgan fingerprint density at radius 3 is 2.12 bits per heavy atom. The van der Waals surface area contributed by atoms with Gasteiger partial charge in [0, 0.05) is 18.2 Å². The Kier molecular flexibility index (Phi) is 4.46. The summed E-state index contributed by atoms with van der Waals surface area (Å²) in [6.45, 7) is 3.89. The molecule has 0 radical (unpaired) electrons. The first-order valence-electron chi connectivity index (χ1n) is 5.57. The number of hydrogen-bond acceptors (Lipinski definition) is 3. The van der Waals surface area contributed by atoms with Crippen LogP contribution in [0.5, 0.6) is 0 Å². The second-order valence-electron chi connectivity index (χ2n) is 4.53. The molecule has 0 unspecified atom stereocenters. The van der Waals surface area contributed by atoms with Crippen molar-refractivity contribution in [3.63, 3.8) is 0 Å². The van der Waals surface area contributed by atoms with Crippen LogP contribution in [0.1, 0.15) is 34.3 Å². The molecule has 0 aliphatic carbocycles. The normalized spacial score (nSPS) is 11.5. The van der Waals surface area contributed by atoms with E-state index in [2.05, 4.69) is 0 Å². The minimum atomic E-state index is -2.97. The maximum Gasteiger partial charge on any atom is 0.162 e. The standard InChI is InChI=1S/C13H18O3S/c1-10-7-11(2)9-12(8-10)13(14)5-4-6-17(3,15)16/h7-9H,4-6H2,1-3H3. The average Bonchev–Trinajstić information content (AvgIpc) is 2.13. The van der Waals surface area contributed by atoms with Gasteiger partial charge in [0.1, 0.15) is 9.84 Å². The van der Waals surface area contributed by atoms with E-state index in [1.165, 1.54) is 6.26 Å². The fraction of sp³-hybridized carbons (Fsp3) is 0.462. The van der Waals surface area contributed by atoms with E-state index in [-0.39, 0.29) is 18.0 Å². The van der Waals surface area contributed by atoms with Gasteiger partial charge in [-0.05, 0) is 32.4 Å². The largest absolute Gasteiger partial charge is 0.294 e. The van der Waals surface area contributed by atoms with Crippen LogP contribution in [0.2, 0.25) is 0 Å². The number of hydrogen-bond donors (Lipinski definition) is 0. The molecule has 1 rings (SSSR count). The topological polar surface area (TPSA) is 51.2 Å². The molecule has 0 N–H and O–H groups in total. The Labute approximate surface area is 103 Å². The first-order chi connectivity index (χ1) is 7.78. The van der Waals surface area contributed by atoms with Crippen LogP contribution in [0, 0.1) is 13.8 Å². The van der Waals surface area contributed by atoms with Gasteiger partial charge in [-0.3, -0.25) is 4.79 Å². The molecule has 0 heterocycles. The zero-order valence-corrected chi connectivity index (χ0v) is 11.3. The van der Waals surface area contributed by atoms with Gasteiger partial charge in [0.2, 0.25) is 0 Å². The van der Waals surface area contributed by atoms with Gasteiger partial charge >= 0.3 is 0 Å². The van der Waals surface area contributed by atoms with Gasteiger partial charge in [-0.2, -0.15) is 0 Å². The molecule has 0 bridgehead atoms. The van der Waals surface area contributed by atoms with Gasteiger partial charge in [-0.25, -0.2) is 8.42 Å². The van der Waals surface area contributed by atoms with Crippen LogP contribution < -0.4 is 0 Å². The first-order valence-corrected chi connectivity index (χ1v) is 7.63. The summed E-state index contributed by atoms with van der Waals surface area (Å²) in [7, 11) is -2.97. The van der Waals surface area contributed by atoms with Crippen LogP contribution in [0.25, 0.3) is 0 Å². The molecular formula is C13H18O3S. The molecular weight excluding hydrogens is 236 g/mol. The molecule has 1 aromatic rings. The van der Waals surface area contributed by atoms with Crippen LogP contribution in [0.4, 0.5) is 0 Å². The lowest BCUT2D eigenvalue weighted by molar-refractivity contribution is 0.0982. The number of carbonyl (C=O) groups excluding carboxylic acids is 1. The van der Waals surface area contributed by atoms with Crippen molar-refractivity contribution in [3.8, 4) is 0 Å². The highest BCUT2D eigenvalue weighted by molar-refractivity contribution is 7.90. The van der Waals surface area contributed by atoms with Crippen molar-refractivity contribution >= 4 is 15.6 Å². The summed E-state index contributed by atoms with van der Waals surface area (Å²) >= 11 is 0. The first kappa shape index (κ1) is 13.9. The molecule has 17 heavy (non-hydrogen) atoms. The van der Waals surface area contributed by atoms with Crippen molar-refractivity contribution in [1.82, 2.24) is 0 Å². The van der Waals surface area contributed by atoms with E-state index in [1.807, 2.05) is 32.0 Å². The lowest BCUT2D eigenvalue weighted by atomic mass is 10.0. The van der Waals surface area contributed by atoms with Gasteiger partial charge in [-0.15, -0.1) is 0 Å². The van der Waals surface area contributed by atoms with Crippen molar-refractivity contribution in [2.75, 3.05) is 12.0 Å². The molecule has 0 saturated carbocycles. The Morgan fingerprint density at radius 2 is 1.65 bits per heavy atom. The van der Waals surface area contributed by atoms with Crippen LogP contribution >= 0.6 is 0 Å². The summed E-state index contributed by atoms with van der Waals surface area (Å²) in [5.74, 6) is 0.0873. The van der Waals surface area contributed by atoms with Crippen molar-refractivity contribution in [2.45, 2.75) is 26.7 Å². The summed E-state index contributed by atoms with van der Waals surface area (Å²) in [6.07, 6.45) is 1.87. The number of carbonyl (C=O) groups is 1. The number of Topliss-reactive ketones (excluding diaryl/α,β-unsaturated/α-hetero) is 1. The van der Waals surface area contributed by atoms with Gasteiger partial charge < -0.3 is 0 Å². The predicted octanol–water partition coefficient (Wildman–Crippen LogP) is 2.31. The van der Waals surface area contributed by atoms with Crippen molar-refractivity contribution in [1.29, 1.82) is 0 Å². The molecule has 3 nitrogen and oxygen atoms in total. The molecule has 94 valence electrons. The van der Waals surface area contributed by atoms with Gasteiger partial charge in [0.25, 0.3) is 0 Å². The Balaban J connectivity index is 2.64. The maximum absolute atomic E-state index is 11.8. The van der Waals surface area contributed by atoms with Crippen LogP contribution in [-0.2, 0) is 9.84 Å². The second kappa shape index (κ2) is 5.45. The van der Waals surface area contributed by atoms with E-state index < -0.39 is 9.84 Å². The van der Waals surface area contributed by atoms with Crippen molar-refractivity contribution in [2.24, 2.45) is 0 Å². The molecule has 0 aromatic heterocycles. The molecule has 1 aromatic carbocycles. The molecule has 0 aliphatic heterocycles.